The van der Waals surface area contributed by atoms with E-state index < -0.39 is 0 Å². The van der Waals surface area contributed by atoms with E-state index in [4.69, 9.17) is 0 Å². The number of pyridine rings is 1. The summed E-state index contributed by atoms with van der Waals surface area (Å²) < 4.78 is 0. The molecule has 0 amide bonds. The van der Waals surface area contributed by atoms with Gasteiger partial charge in [0.25, 0.3) is 0 Å². The third-order valence-corrected chi connectivity index (χ3v) is 3.48. The summed E-state index contributed by atoms with van der Waals surface area (Å²) in [6, 6.07) is 10.4. The van der Waals surface area contributed by atoms with Gasteiger partial charge in [0, 0.05) is 18.1 Å². The van der Waals surface area contributed by atoms with Crippen LogP contribution in [0, 0.1) is 11.8 Å². The zero-order chi connectivity index (χ0) is 11.0. The maximum Gasteiger partial charge on any atom is 0.133 e. The Morgan fingerprint density at radius 2 is 2.12 bits per heavy atom. The van der Waals surface area contributed by atoms with Gasteiger partial charge in [0.2, 0.25) is 0 Å². The number of fused-ring (bicyclic) bond motifs is 1. The first-order chi connectivity index (χ1) is 7.84. The van der Waals surface area contributed by atoms with Crippen molar-refractivity contribution in [2.45, 2.75) is 13.3 Å². The molecule has 82 valence electrons. The summed E-state index contributed by atoms with van der Waals surface area (Å²) >= 11 is 0. The van der Waals surface area contributed by atoms with E-state index in [-0.39, 0.29) is 0 Å². The van der Waals surface area contributed by atoms with E-state index in [1.54, 1.807) is 0 Å². The Bertz CT molecular complexity index is 502. The second-order valence-corrected chi connectivity index (χ2v) is 4.73. The molecule has 0 bridgehead atoms. The Balaban J connectivity index is 1.85. The molecule has 0 radical (unpaired) electrons. The molecule has 1 aliphatic rings. The molecular weight excluding hydrogens is 196 g/mol. The molecule has 0 spiro atoms. The van der Waals surface area contributed by atoms with Gasteiger partial charge in [-0.2, -0.15) is 0 Å². The van der Waals surface area contributed by atoms with E-state index in [0.717, 1.165) is 24.2 Å². The Kier molecular flexibility index (Phi) is 2.28. The van der Waals surface area contributed by atoms with Crippen molar-refractivity contribution in [3.05, 3.63) is 36.5 Å². The van der Waals surface area contributed by atoms with Crippen LogP contribution >= 0.6 is 0 Å². The third kappa shape index (κ3) is 1.75. The Morgan fingerprint density at radius 1 is 1.31 bits per heavy atom. The van der Waals surface area contributed by atoms with Crippen LogP contribution < -0.4 is 5.32 Å². The lowest BCUT2D eigenvalue weighted by molar-refractivity contribution is 0.785. The summed E-state index contributed by atoms with van der Waals surface area (Å²) in [5.74, 6) is 2.76. The summed E-state index contributed by atoms with van der Waals surface area (Å²) in [6.07, 6.45) is 3.23. The molecule has 1 aliphatic carbocycles. The van der Waals surface area contributed by atoms with Gasteiger partial charge in [-0.05, 0) is 29.7 Å². The monoisotopic (exact) mass is 212 g/mol. The molecule has 1 aromatic heterocycles. The predicted octanol–water partition coefficient (Wildman–Crippen LogP) is 3.30. The average Bonchev–Trinajstić information content (AvgIpc) is 3.03. The normalized spacial score (nSPS) is 23.3. The van der Waals surface area contributed by atoms with E-state index in [1.807, 2.05) is 6.20 Å². The summed E-state index contributed by atoms with van der Waals surface area (Å²) in [5, 5.41) is 5.94. The molecule has 2 atom stereocenters. The first kappa shape index (κ1) is 9.64. The minimum Gasteiger partial charge on any atom is -0.369 e. The summed E-state index contributed by atoms with van der Waals surface area (Å²) in [4.78, 5) is 4.42. The molecule has 2 aromatic rings. The SMILES string of the molecule is CC1CC1CNc1nccc2ccccc12. The van der Waals surface area contributed by atoms with Gasteiger partial charge in [-0.1, -0.05) is 31.2 Å². The Labute approximate surface area is 95.7 Å². The first-order valence-electron chi connectivity index (χ1n) is 5.92. The highest BCUT2D eigenvalue weighted by molar-refractivity contribution is 5.91. The average molecular weight is 212 g/mol. The fourth-order valence-electron chi connectivity index (χ4n) is 2.17. The van der Waals surface area contributed by atoms with Gasteiger partial charge >= 0.3 is 0 Å². The molecule has 1 saturated carbocycles. The predicted molar refractivity (Wildman–Crippen MR) is 67.5 cm³/mol. The lowest BCUT2D eigenvalue weighted by Crippen LogP contribution is -2.06. The minimum atomic E-state index is 0.848. The largest absolute Gasteiger partial charge is 0.369 e. The quantitative estimate of drug-likeness (QED) is 0.844. The van der Waals surface area contributed by atoms with E-state index in [9.17, 15) is 0 Å². The molecule has 0 saturated heterocycles. The number of nitrogens with one attached hydrogen (secondary N) is 1. The van der Waals surface area contributed by atoms with Gasteiger partial charge in [-0.15, -0.1) is 0 Å². The zero-order valence-corrected chi connectivity index (χ0v) is 9.48. The molecule has 2 nitrogen and oxygen atoms in total. The molecule has 2 unspecified atom stereocenters. The molecule has 3 rings (SSSR count). The van der Waals surface area contributed by atoms with Gasteiger partial charge in [0.1, 0.15) is 5.82 Å². The summed E-state index contributed by atoms with van der Waals surface area (Å²) in [7, 11) is 0. The Morgan fingerprint density at radius 3 is 2.94 bits per heavy atom. The lowest BCUT2D eigenvalue weighted by atomic mass is 10.1. The molecule has 1 fully saturated rings. The number of benzene rings is 1. The molecule has 0 aliphatic heterocycles. The maximum absolute atomic E-state index is 4.42. The van der Waals surface area contributed by atoms with Crippen molar-refractivity contribution in [3.63, 3.8) is 0 Å². The molecule has 16 heavy (non-hydrogen) atoms. The van der Waals surface area contributed by atoms with Gasteiger partial charge < -0.3 is 5.32 Å². The second-order valence-electron chi connectivity index (χ2n) is 4.73. The van der Waals surface area contributed by atoms with E-state index >= 15 is 0 Å². The minimum absolute atomic E-state index is 0.848. The standard InChI is InChI=1S/C14H16N2/c1-10-8-12(10)9-16-14-13-5-3-2-4-11(13)6-7-15-14/h2-7,10,12H,8-9H2,1H3,(H,15,16). The number of rotatable bonds is 3. The van der Waals surface area contributed by atoms with Crippen LogP contribution in [0.1, 0.15) is 13.3 Å². The molecule has 1 aromatic carbocycles. The molecular formula is C14H16N2. The fraction of sp³-hybridized carbons (Fsp3) is 0.357. The first-order valence-corrected chi connectivity index (χ1v) is 5.92. The fourth-order valence-corrected chi connectivity index (χ4v) is 2.17. The van der Waals surface area contributed by atoms with Gasteiger partial charge in [0.05, 0.1) is 0 Å². The van der Waals surface area contributed by atoms with Gasteiger partial charge in [-0.25, -0.2) is 4.98 Å². The Hall–Kier alpha value is -1.57. The van der Waals surface area contributed by atoms with Crippen LogP contribution in [0.15, 0.2) is 36.5 Å². The van der Waals surface area contributed by atoms with E-state index in [0.29, 0.717) is 0 Å². The molecule has 2 heteroatoms. The van der Waals surface area contributed by atoms with Gasteiger partial charge in [0.15, 0.2) is 0 Å². The van der Waals surface area contributed by atoms with Crippen LogP contribution in [-0.2, 0) is 0 Å². The van der Waals surface area contributed by atoms with E-state index in [2.05, 4.69) is 47.6 Å². The van der Waals surface area contributed by atoms with Crippen molar-refractivity contribution in [1.29, 1.82) is 0 Å². The lowest BCUT2D eigenvalue weighted by Gasteiger charge is -2.07. The summed E-state index contributed by atoms with van der Waals surface area (Å²) in [6.45, 7) is 3.37. The van der Waals surface area contributed by atoms with Crippen molar-refractivity contribution in [1.82, 2.24) is 4.98 Å². The van der Waals surface area contributed by atoms with Crippen LogP contribution in [-0.4, -0.2) is 11.5 Å². The van der Waals surface area contributed by atoms with Crippen LogP contribution in [0.5, 0.6) is 0 Å². The number of hydrogen-bond donors (Lipinski definition) is 1. The van der Waals surface area contributed by atoms with Gasteiger partial charge in [-0.3, -0.25) is 0 Å². The molecule has 1 heterocycles. The second kappa shape index (κ2) is 3.78. The highest BCUT2D eigenvalue weighted by atomic mass is 15.0. The van der Waals surface area contributed by atoms with Crippen molar-refractivity contribution in [3.8, 4) is 0 Å². The van der Waals surface area contributed by atoms with Crippen molar-refractivity contribution in [2.24, 2.45) is 11.8 Å². The zero-order valence-electron chi connectivity index (χ0n) is 9.48. The highest BCUT2D eigenvalue weighted by Gasteiger charge is 2.31. The van der Waals surface area contributed by atoms with Crippen molar-refractivity contribution >= 4 is 16.6 Å². The van der Waals surface area contributed by atoms with Crippen LogP contribution in [0.3, 0.4) is 0 Å². The van der Waals surface area contributed by atoms with E-state index in [1.165, 1.54) is 17.2 Å². The smallest absolute Gasteiger partial charge is 0.133 e. The topological polar surface area (TPSA) is 24.9 Å². The van der Waals surface area contributed by atoms with Crippen LogP contribution in [0.4, 0.5) is 5.82 Å². The number of aromatic nitrogens is 1. The number of nitrogens with zero attached hydrogens (tertiary/aromatic N) is 1. The number of hydrogen-bond acceptors (Lipinski definition) is 2. The highest BCUT2D eigenvalue weighted by Crippen LogP contribution is 2.37. The maximum atomic E-state index is 4.42. The summed E-state index contributed by atoms with van der Waals surface area (Å²) in [5.41, 5.74) is 0. The van der Waals surface area contributed by atoms with Crippen molar-refractivity contribution < 1.29 is 0 Å². The number of anilines is 1. The van der Waals surface area contributed by atoms with Crippen LogP contribution in [0.2, 0.25) is 0 Å². The molecule has 1 N–H and O–H groups in total. The van der Waals surface area contributed by atoms with Crippen LogP contribution in [0.25, 0.3) is 10.8 Å². The third-order valence-electron chi connectivity index (χ3n) is 3.48. The van der Waals surface area contributed by atoms with Crippen molar-refractivity contribution in [2.75, 3.05) is 11.9 Å².